The Labute approximate surface area is 197 Å². The Morgan fingerprint density at radius 3 is 2.15 bits per heavy atom. The minimum Gasteiger partial charge on any atom is -0.496 e. The van der Waals surface area contributed by atoms with Crippen LogP contribution in [0.25, 0.3) is 10.8 Å². The van der Waals surface area contributed by atoms with Crippen LogP contribution in [0.2, 0.25) is 0 Å². The van der Waals surface area contributed by atoms with E-state index in [-0.39, 0.29) is 12.1 Å². The van der Waals surface area contributed by atoms with Crippen LogP contribution in [-0.2, 0) is 19.3 Å². The van der Waals surface area contributed by atoms with Gasteiger partial charge in [-0.3, -0.25) is 0 Å². The van der Waals surface area contributed by atoms with Gasteiger partial charge in [0.05, 0.1) is 7.11 Å². The van der Waals surface area contributed by atoms with Crippen LogP contribution in [0.5, 0.6) is 5.75 Å². The average molecular weight is 439 g/mol. The molecule has 0 heterocycles. The Kier molecular flexibility index (Phi) is 8.13. The summed E-state index contributed by atoms with van der Waals surface area (Å²) in [5.41, 5.74) is 10.8. The van der Waals surface area contributed by atoms with Gasteiger partial charge in [0, 0.05) is 17.6 Å². The number of aryl methyl sites for hydroxylation is 1. The number of hydrogen-bond donors (Lipinski definition) is 2. The lowest BCUT2D eigenvalue weighted by Gasteiger charge is -2.27. The van der Waals surface area contributed by atoms with Gasteiger partial charge in [0.1, 0.15) is 5.75 Å². The smallest absolute Gasteiger partial charge is 0.122 e. The molecule has 170 valence electrons. The first kappa shape index (κ1) is 23.0. The lowest BCUT2D eigenvalue weighted by atomic mass is 9.91. The third-order valence-electron chi connectivity index (χ3n) is 6.36. The molecular formula is C30H34N2O. The van der Waals surface area contributed by atoms with Gasteiger partial charge in [-0.1, -0.05) is 91.0 Å². The number of rotatable bonds is 11. The first-order valence-electron chi connectivity index (χ1n) is 11.9. The highest BCUT2D eigenvalue weighted by atomic mass is 16.5. The van der Waals surface area contributed by atoms with Gasteiger partial charge in [-0.2, -0.15) is 0 Å². The average Bonchev–Trinajstić information content (AvgIpc) is 2.87. The number of methoxy groups -OCH3 is 1. The van der Waals surface area contributed by atoms with Gasteiger partial charge in [0.2, 0.25) is 0 Å². The number of nitrogens with one attached hydrogen (secondary N) is 1. The molecule has 0 saturated heterocycles. The summed E-state index contributed by atoms with van der Waals surface area (Å²) in [5.74, 6) is 0.909. The number of benzene rings is 4. The zero-order valence-electron chi connectivity index (χ0n) is 19.4. The minimum absolute atomic E-state index is 0.0402. The van der Waals surface area contributed by atoms with Crippen molar-refractivity contribution in [1.29, 1.82) is 0 Å². The van der Waals surface area contributed by atoms with Crippen LogP contribution in [-0.4, -0.2) is 25.7 Å². The summed E-state index contributed by atoms with van der Waals surface area (Å²) in [4.78, 5) is 0. The monoisotopic (exact) mass is 438 g/mol. The van der Waals surface area contributed by atoms with E-state index in [4.69, 9.17) is 10.5 Å². The van der Waals surface area contributed by atoms with Crippen molar-refractivity contribution in [3.63, 3.8) is 0 Å². The number of ether oxygens (including phenoxy) is 1. The lowest BCUT2D eigenvalue weighted by Crippen LogP contribution is -2.48. The van der Waals surface area contributed by atoms with Crippen LogP contribution in [0.3, 0.4) is 0 Å². The summed E-state index contributed by atoms with van der Waals surface area (Å²) in [5, 5.41) is 6.21. The van der Waals surface area contributed by atoms with E-state index in [1.54, 1.807) is 7.11 Å². The van der Waals surface area contributed by atoms with Crippen molar-refractivity contribution < 1.29 is 4.74 Å². The predicted molar refractivity (Wildman–Crippen MR) is 139 cm³/mol. The summed E-state index contributed by atoms with van der Waals surface area (Å²) in [6.45, 7) is 0.937. The molecule has 4 aromatic rings. The summed E-state index contributed by atoms with van der Waals surface area (Å²) in [7, 11) is 1.74. The second kappa shape index (κ2) is 11.6. The fourth-order valence-electron chi connectivity index (χ4n) is 4.56. The van der Waals surface area contributed by atoms with Crippen LogP contribution in [0.1, 0.15) is 23.1 Å². The van der Waals surface area contributed by atoms with Crippen molar-refractivity contribution in [3.05, 3.63) is 114 Å². The fourth-order valence-corrected chi connectivity index (χ4v) is 4.56. The molecule has 0 radical (unpaired) electrons. The van der Waals surface area contributed by atoms with Crippen LogP contribution in [0, 0.1) is 0 Å². The topological polar surface area (TPSA) is 47.3 Å². The van der Waals surface area contributed by atoms with E-state index < -0.39 is 0 Å². The van der Waals surface area contributed by atoms with Crippen molar-refractivity contribution in [2.24, 2.45) is 5.73 Å². The molecule has 0 amide bonds. The van der Waals surface area contributed by atoms with Gasteiger partial charge >= 0.3 is 0 Å². The van der Waals surface area contributed by atoms with E-state index in [9.17, 15) is 0 Å². The molecule has 4 rings (SSSR count). The second-order valence-corrected chi connectivity index (χ2v) is 8.67. The predicted octanol–water partition coefficient (Wildman–Crippen LogP) is 5.55. The van der Waals surface area contributed by atoms with Crippen molar-refractivity contribution in [2.75, 3.05) is 13.7 Å². The lowest BCUT2D eigenvalue weighted by molar-refractivity contribution is 0.395. The van der Waals surface area contributed by atoms with E-state index in [2.05, 4.69) is 102 Å². The Morgan fingerprint density at radius 2 is 1.42 bits per heavy atom. The van der Waals surface area contributed by atoms with Crippen molar-refractivity contribution in [3.8, 4) is 5.75 Å². The summed E-state index contributed by atoms with van der Waals surface area (Å²) in [6.07, 6.45) is 3.81. The van der Waals surface area contributed by atoms with Gasteiger partial charge in [0.15, 0.2) is 0 Å². The van der Waals surface area contributed by atoms with Crippen molar-refractivity contribution in [1.82, 2.24) is 5.32 Å². The molecule has 0 aromatic heterocycles. The Bertz CT molecular complexity index is 1130. The largest absolute Gasteiger partial charge is 0.496 e. The molecule has 0 saturated carbocycles. The molecule has 3 N–H and O–H groups in total. The third kappa shape index (κ3) is 6.22. The van der Waals surface area contributed by atoms with Crippen molar-refractivity contribution in [2.45, 2.75) is 37.8 Å². The molecule has 0 aliphatic rings. The highest BCUT2D eigenvalue weighted by Gasteiger charge is 2.21. The highest BCUT2D eigenvalue weighted by molar-refractivity contribution is 5.87. The molecule has 0 aliphatic carbocycles. The molecule has 0 fully saturated rings. The van der Waals surface area contributed by atoms with E-state index in [1.165, 1.54) is 27.5 Å². The van der Waals surface area contributed by atoms with Gasteiger partial charge in [-0.15, -0.1) is 0 Å². The van der Waals surface area contributed by atoms with Gasteiger partial charge < -0.3 is 15.8 Å². The van der Waals surface area contributed by atoms with E-state index in [1.807, 2.05) is 0 Å². The quantitative estimate of drug-likeness (QED) is 0.302. The van der Waals surface area contributed by atoms with Crippen molar-refractivity contribution >= 4 is 10.8 Å². The Balaban J connectivity index is 1.49. The number of nitrogens with two attached hydrogens (primary N) is 1. The van der Waals surface area contributed by atoms with E-state index in [0.717, 1.165) is 38.0 Å². The standard InChI is InChI=1S/C30H34N2O/c1-33-30-19-18-25-16-8-9-17-26(25)27(30)22-28(31)29(21-24-13-6-3-7-14-24)32-20-10-15-23-11-4-2-5-12-23/h2-9,11-14,16-19,28-29,32H,10,15,20-22,31H2,1H3. The highest BCUT2D eigenvalue weighted by Crippen LogP contribution is 2.29. The first-order chi connectivity index (χ1) is 16.2. The maximum absolute atomic E-state index is 6.89. The Hall–Kier alpha value is -3.14. The number of hydrogen-bond acceptors (Lipinski definition) is 3. The molecule has 3 heteroatoms. The first-order valence-corrected chi connectivity index (χ1v) is 11.9. The SMILES string of the molecule is COc1ccc2ccccc2c1CC(N)C(Cc1ccccc1)NCCCc1ccccc1. The van der Waals surface area contributed by atoms with Crippen LogP contribution < -0.4 is 15.8 Å². The van der Waals surface area contributed by atoms with E-state index in [0.29, 0.717) is 0 Å². The summed E-state index contributed by atoms with van der Waals surface area (Å²) in [6, 6.07) is 34.1. The molecule has 2 unspecified atom stereocenters. The fraction of sp³-hybridized carbons (Fsp3) is 0.267. The summed E-state index contributed by atoms with van der Waals surface area (Å²) < 4.78 is 5.72. The maximum atomic E-state index is 6.89. The Morgan fingerprint density at radius 1 is 0.758 bits per heavy atom. The van der Waals surface area contributed by atoms with Crippen LogP contribution >= 0.6 is 0 Å². The molecule has 3 nitrogen and oxygen atoms in total. The zero-order chi connectivity index (χ0) is 22.9. The van der Waals surface area contributed by atoms with Crippen LogP contribution in [0.4, 0.5) is 0 Å². The van der Waals surface area contributed by atoms with Gasteiger partial charge in [-0.05, 0) is 60.2 Å². The molecule has 0 spiro atoms. The molecular weight excluding hydrogens is 404 g/mol. The molecule has 33 heavy (non-hydrogen) atoms. The summed E-state index contributed by atoms with van der Waals surface area (Å²) >= 11 is 0. The molecule has 0 bridgehead atoms. The van der Waals surface area contributed by atoms with E-state index >= 15 is 0 Å². The van der Waals surface area contributed by atoms with Crippen LogP contribution in [0.15, 0.2) is 97.1 Å². The minimum atomic E-state index is -0.0402. The third-order valence-corrected chi connectivity index (χ3v) is 6.36. The maximum Gasteiger partial charge on any atom is 0.122 e. The molecule has 2 atom stereocenters. The zero-order valence-corrected chi connectivity index (χ0v) is 19.4. The van der Waals surface area contributed by atoms with Gasteiger partial charge in [-0.25, -0.2) is 0 Å². The number of fused-ring (bicyclic) bond motifs is 1. The molecule has 4 aromatic carbocycles. The molecule has 0 aliphatic heterocycles. The second-order valence-electron chi connectivity index (χ2n) is 8.67. The van der Waals surface area contributed by atoms with Gasteiger partial charge in [0.25, 0.3) is 0 Å². The normalized spacial score (nSPS) is 13.0.